The molecule has 0 fully saturated rings. The first-order valence-corrected chi connectivity index (χ1v) is 8.79. The van der Waals surface area contributed by atoms with Gasteiger partial charge in [0.25, 0.3) is 0 Å². The summed E-state index contributed by atoms with van der Waals surface area (Å²) in [5.74, 6) is 1.06. The lowest BCUT2D eigenvalue weighted by Crippen LogP contribution is -2.17. The van der Waals surface area contributed by atoms with Crippen LogP contribution >= 0.6 is 0 Å². The highest BCUT2D eigenvalue weighted by molar-refractivity contribution is 5.92. The van der Waals surface area contributed by atoms with Gasteiger partial charge in [0.05, 0.1) is 0 Å². The van der Waals surface area contributed by atoms with Gasteiger partial charge in [0, 0.05) is 17.2 Å². The number of fused-ring (bicyclic) bond motifs is 1. The van der Waals surface area contributed by atoms with Crippen LogP contribution in [0.2, 0.25) is 0 Å². The standard InChI is InChI=1S/C21H24N2O2/c1-5-14(4)16-8-11-19-18(12-16)23-21(25-19)15-6-9-17(10-7-15)22-20(24)13(2)3/h6-14H,5H2,1-4H3,(H,22,24). The van der Waals surface area contributed by atoms with Crippen molar-refractivity contribution in [1.82, 2.24) is 4.98 Å². The van der Waals surface area contributed by atoms with Crippen LogP contribution in [0.3, 0.4) is 0 Å². The quantitative estimate of drug-likeness (QED) is 0.659. The van der Waals surface area contributed by atoms with Crippen molar-refractivity contribution in [3.8, 4) is 11.5 Å². The summed E-state index contributed by atoms with van der Waals surface area (Å²) in [5, 5.41) is 2.88. The fourth-order valence-electron chi connectivity index (χ4n) is 2.59. The van der Waals surface area contributed by atoms with Gasteiger partial charge < -0.3 is 9.73 Å². The summed E-state index contributed by atoms with van der Waals surface area (Å²) < 4.78 is 5.88. The largest absolute Gasteiger partial charge is 0.436 e. The number of hydrogen-bond acceptors (Lipinski definition) is 3. The predicted molar refractivity (Wildman–Crippen MR) is 102 cm³/mol. The van der Waals surface area contributed by atoms with Gasteiger partial charge in [-0.05, 0) is 54.3 Å². The zero-order valence-electron chi connectivity index (χ0n) is 15.2. The Morgan fingerprint density at radius 3 is 2.48 bits per heavy atom. The number of carbonyl (C=O) groups is 1. The summed E-state index contributed by atoms with van der Waals surface area (Å²) in [5.41, 5.74) is 4.62. The molecule has 1 unspecified atom stereocenters. The molecule has 1 amide bonds. The molecule has 0 bridgehead atoms. The molecule has 1 atom stereocenters. The van der Waals surface area contributed by atoms with Gasteiger partial charge in [-0.2, -0.15) is 0 Å². The highest BCUT2D eigenvalue weighted by Crippen LogP contribution is 2.28. The summed E-state index contributed by atoms with van der Waals surface area (Å²) in [6.07, 6.45) is 1.10. The van der Waals surface area contributed by atoms with Crippen LogP contribution in [0.15, 0.2) is 46.9 Å². The molecule has 0 saturated carbocycles. The monoisotopic (exact) mass is 336 g/mol. The number of amides is 1. The van der Waals surface area contributed by atoms with E-state index in [1.165, 1.54) is 5.56 Å². The molecular formula is C21H24N2O2. The van der Waals surface area contributed by atoms with E-state index in [-0.39, 0.29) is 11.8 Å². The van der Waals surface area contributed by atoms with Gasteiger partial charge in [0.1, 0.15) is 5.52 Å². The summed E-state index contributed by atoms with van der Waals surface area (Å²) in [6.45, 7) is 8.14. The van der Waals surface area contributed by atoms with Crippen LogP contribution in [0.1, 0.15) is 45.6 Å². The maximum absolute atomic E-state index is 11.8. The Morgan fingerprint density at radius 2 is 1.84 bits per heavy atom. The van der Waals surface area contributed by atoms with Gasteiger partial charge in [-0.15, -0.1) is 0 Å². The molecule has 4 heteroatoms. The van der Waals surface area contributed by atoms with Crippen LogP contribution in [0, 0.1) is 5.92 Å². The average Bonchev–Trinajstić information content (AvgIpc) is 3.04. The number of oxazole rings is 1. The first kappa shape index (κ1) is 17.2. The average molecular weight is 336 g/mol. The minimum absolute atomic E-state index is 0.00665. The number of benzene rings is 2. The summed E-state index contributed by atoms with van der Waals surface area (Å²) in [7, 11) is 0. The fraction of sp³-hybridized carbons (Fsp3) is 0.333. The Labute approximate surface area is 148 Å². The van der Waals surface area contributed by atoms with Gasteiger partial charge in [-0.25, -0.2) is 4.98 Å². The van der Waals surface area contributed by atoms with E-state index < -0.39 is 0 Å². The number of rotatable bonds is 5. The molecule has 0 saturated heterocycles. The van der Waals surface area contributed by atoms with Crippen molar-refractivity contribution in [3.63, 3.8) is 0 Å². The van der Waals surface area contributed by atoms with Crippen molar-refractivity contribution in [2.75, 3.05) is 5.32 Å². The van der Waals surface area contributed by atoms with Crippen LogP contribution < -0.4 is 5.32 Å². The number of aromatic nitrogens is 1. The highest BCUT2D eigenvalue weighted by atomic mass is 16.3. The molecule has 3 rings (SSSR count). The molecule has 0 radical (unpaired) electrons. The molecule has 0 aliphatic heterocycles. The Morgan fingerprint density at radius 1 is 1.12 bits per heavy atom. The molecule has 1 aromatic heterocycles. The first-order chi connectivity index (χ1) is 12.0. The van der Waals surface area contributed by atoms with E-state index in [1.54, 1.807) is 0 Å². The third-order valence-corrected chi connectivity index (χ3v) is 4.52. The zero-order valence-corrected chi connectivity index (χ0v) is 15.2. The third-order valence-electron chi connectivity index (χ3n) is 4.52. The van der Waals surface area contributed by atoms with Gasteiger partial charge in [-0.3, -0.25) is 4.79 Å². The maximum Gasteiger partial charge on any atom is 0.227 e. The van der Waals surface area contributed by atoms with Crippen molar-refractivity contribution in [2.24, 2.45) is 5.92 Å². The van der Waals surface area contributed by atoms with E-state index in [4.69, 9.17) is 4.42 Å². The van der Waals surface area contributed by atoms with Gasteiger partial charge in [0.15, 0.2) is 5.58 Å². The van der Waals surface area contributed by atoms with Gasteiger partial charge >= 0.3 is 0 Å². The third kappa shape index (κ3) is 3.73. The first-order valence-electron chi connectivity index (χ1n) is 8.79. The van der Waals surface area contributed by atoms with E-state index in [9.17, 15) is 4.79 Å². The topological polar surface area (TPSA) is 55.1 Å². The molecular weight excluding hydrogens is 312 g/mol. The second kappa shape index (κ2) is 7.09. The molecule has 2 aromatic carbocycles. The Balaban J connectivity index is 1.85. The van der Waals surface area contributed by atoms with Crippen molar-refractivity contribution >= 4 is 22.7 Å². The van der Waals surface area contributed by atoms with E-state index in [2.05, 4.69) is 36.3 Å². The summed E-state index contributed by atoms with van der Waals surface area (Å²) in [4.78, 5) is 16.4. The van der Waals surface area contributed by atoms with E-state index >= 15 is 0 Å². The van der Waals surface area contributed by atoms with E-state index in [1.807, 2.05) is 44.2 Å². The minimum Gasteiger partial charge on any atom is -0.436 e. The molecule has 0 aliphatic rings. The van der Waals surface area contributed by atoms with Gasteiger partial charge in [0.2, 0.25) is 11.8 Å². The SMILES string of the molecule is CCC(C)c1ccc2oc(-c3ccc(NC(=O)C(C)C)cc3)nc2c1. The fourth-order valence-corrected chi connectivity index (χ4v) is 2.59. The Hall–Kier alpha value is -2.62. The molecule has 1 N–H and O–H groups in total. The van der Waals surface area contributed by atoms with Crippen molar-refractivity contribution in [3.05, 3.63) is 48.0 Å². The van der Waals surface area contributed by atoms with E-state index in [0.717, 1.165) is 28.8 Å². The minimum atomic E-state index is -0.0450. The zero-order chi connectivity index (χ0) is 18.0. The molecule has 0 spiro atoms. The highest BCUT2D eigenvalue weighted by Gasteiger charge is 2.12. The molecule has 3 aromatic rings. The van der Waals surface area contributed by atoms with Crippen LogP contribution in [0.5, 0.6) is 0 Å². The second-order valence-corrected chi connectivity index (χ2v) is 6.78. The number of nitrogens with zero attached hydrogens (tertiary/aromatic N) is 1. The lowest BCUT2D eigenvalue weighted by Gasteiger charge is -2.07. The predicted octanol–water partition coefficient (Wildman–Crippen LogP) is 5.60. The second-order valence-electron chi connectivity index (χ2n) is 6.78. The smallest absolute Gasteiger partial charge is 0.227 e. The van der Waals surface area contributed by atoms with Gasteiger partial charge in [-0.1, -0.05) is 33.8 Å². The van der Waals surface area contributed by atoms with Crippen LogP contribution in [0.4, 0.5) is 5.69 Å². The van der Waals surface area contributed by atoms with Crippen LogP contribution in [0.25, 0.3) is 22.6 Å². The lowest BCUT2D eigenvalue weighted by atomic mass is 9.98. The molecule has 1 heterocycles. The maximum atomic E-state index is 11.8. The number of carbonyl (C=O) groups excluding carboxylic acids is 1. The van der Waals surface area contributed by atoms with Crippen molar-refractivity contribution in [1.29, 1.82) is 0 Å². The summed E-state index contributed by atoms with van der Waals surface area (Å²) in [6, 6.07) is 13.8. The van der Waals surface area contributed by atoms with Crippen molar-refractivity contribution < 1.29 is 9.21 Å². The van der Waals surface area contributed by atoms with E-state index in [0.29, 0.717) is 11.8 Å². The molecule has 0 aliphatic carbocycles. The number of hydrogen-bond donors (Lipinski definition) is 1. The Kier molecular flexibility index (Phi) is 4.88. The van der Waals surface area contributed by atoms with Crippen molar-refractivity contribution in [2.45, 2.75) is 40.0 Å². The molecule has 25 heavy (non-hydrogen) atoms. The number of nitrogens with one attached hydrogen (secondary N) is 1. The number of anilines is 1. The van der Waals surface area contributed by atoms with Crippen LogP contribution in [-0.4, -0.2) is 10.9 Å². The Bertz CT molecular complexity index is 879. The summed E-state index contributed by atoms with van der Waals surface area (Å²) >= 11 is 0. The normalized spacial score (nSPS) is 12.5. The molecule has 4 nitrogen and oxygen atoms in total. The van der Waals surface area contributed by atoms with Crippen LogP contribution in [-0.2, 0) is 4.79 Å². The lowest BCUT2D eigenvalue weighted by molar-refractivity contribution is -0.118. The molecule has 130 valence electrons.